The van der Waals surface area contributed by atoms with Gasteiger partial charge in [0, 0.05) is 24.0 Å². The molecule has 0 radical (unpaired) electrons. The number of hydrogen-bond acceptors (Lipinski definition) is 4. The number of carbonyl (C=O) groups excluding carboxylic acids is 2. The number of carbonyl (C=O) groups is 2. The molecule has 0 spiro atoms. The van der Waals surface area contributed by atoms with Gasteiger partial charge in [-0.05, 0) is 40.5 Å². The largest absolute Gasteiger partial charge is 0.333 e. The average molecular weight is 310 g/mol. The molecule has 1 aliphatic carbocycles. The van der Waals surface area contributed by atoms with Crippen LogP contribution in [0, 0.1) is 0 Å². The lowest BCUT2D eigenvalue weighted by atomic mass is 10.1. The molecular formula is C14H22N4O2S. The molecule has 1 aromatic rings. The van der Waals surface area contributed by atoms with Crippen molar-refractivity contribution in [3.8, 4) is 0 Å². The van der Waals surface area contributed by atoms with Crippen molar-refractivity contribution < 1.29 is 9.59 Å². The van der Waals surface area contributed by atoms with Crippen LogP contribution in [0.1, 0.15) is 46.6 Å². The molecule has 1 saturated carbocycles. The molecule has 2 N–H and O–H groups in total. The van der Waals surface area contributed by atoms with Crippen LogP contribution in [0.2, 0.25) is 0 Å². The number of amides is 3. The summed E-state index contributed by atoms with van der Waals surface area (Å²) in [5, 5.41) is 5.52. The SMILES string of the molecule is CC(Sc1nccn1C1CC1)C(=O)NC(=O)NC(C)(C)C. The fraction of sp³-hybridized carbons (Fsp3) is 0.643. The fourth-order valence-electron chi connectivity index (χ4n) is 1.82. The molecule has 6 nitrogen and oxygen atoms in total. The first kappa shape index (κ1) is 15.9. The minimum absolute atomic E-state index is 0.313. The van der Waals surface area contributed by atoms with Crippen LogP contribution in [0.15, 0.2) is 17.6 Å². The molecule has 7 heteroatoms. The van der Waals surface area contributed by atoms with Gasteiger partial charge in [-0.3, -0.25) is 10.1 Å². The standard InChI is InChI=1S/C14H22N4O2S/c1-9(11(19)16-12(20)17-14(2,3)4)21-13-15-7-8-18(13)10-5-6-10/h7-10H,5-6H2,1-4H3,(H2,16,17,19,20). The van der Waals surface area contributed by atoms with Gasteiger partial charge in [-0.25, -0.2) is 9.78 Å². The molecule has 1 unspecified atom stereocenters. The van der Waals surface area contributed by atoms with Gasteiger partial charge >= 0.3 is 6.03 Å². The monoisotopic (exact) mass is 310 g/mol. The van der Waals surface area contributed by atoms with Crippen molar-refractivity contribution in [2.75, 3.05) is 0 Å². The summed E-state index contributed by atoms with van der Waals surface area (Å²) >= 11 is 1.37. The summed E-state index contributed by atoms with van der Waals surface area (Å²) in [4.78, 5) is 28.0. The molecule has 116 valence electrons. The highest BCUT2D eigenvalue weighted by Gasteiger charge is 2.27. The van der Waals surface area contributed by atoms with Gasteiger partial charge < -0.3 is 9.88 Å². The summed E-state index contributed by atoms with van der Waals surface area (Å²) in [5.41, 5.74) is -0.372. The first-order valence-electron chi connectivity index (χ1n) is 7.09. The van der Waals surface area contributed by atoms with E-state index in [4.69, 9.17) is 0 Å². The predicted octanol–water partition coefficient (Wildman–Crippen LogP) is 2.32. The number of hydrogen-bond donors (Lipinski definition) is 2. The second-order valence-corrected chi connectivity index (χ2v) is 7.61. The Labute approximate surface area is 129 Å². The zero-order valence-corrected chi connectivity index (χ0v) is 13.7. The van der Waals surface area contributed by atoms with E-state index in [0.29, 0.717) is 6.04 Å². The molecule has 2 rings (SSSR count). The van der Waals surface area contributed by atoms with E-state index in [1.807, 2.05) is 27.0 Å². The summed E-state index contributed by atoms with van der Waals surface area (Å²) in [6.45, 7) is 7.36. The number of urea groups is 1. The zero-order chi connectivity index (χ0) is 15.6. The van der Waals surface area contributed by atoms with Gasteiger partial charge in [-0.1, -0.05) is 11.8 Å². The van der Waals surface area contributed by atoms with Crippen LogP contribution < -0.4 is 10.6 Å². The van der Waals surface area contributed by atoms with Gasteiger partial charge in [-0.15, -0.1) is 0 Å². The summed E-state index contributed by atoms with van der Waals surface area (Å²) in [6.07, 6.45) is 6.02. The van der Waals surface area contributed by atoms with Gasteiger partial charge in [0.05, 0.1) is 5.25 Å². The van der Waals surface area contributed by atoms with E-state index in [1.54, 1.807) is 13.1 Å². The van der Waals surface area contributed by atoms with Gasteiger partial charge in [0.15, 0.2) is 5.16 Å². The number of rotatable bonds is 4. The highest BCUT2D eigenvalue weighted by Crippen LogP contribution is 2.38. The summed E-state index contributed by atoms with van der Waals surface area (Å²) in [7, 11) is 0. The molecule has 0 aliphatic heterocycles. The van der Waals surface area contributed by atoms with Crippen molar-refractivity contribution in [3.63, 3.8) is 0 Å². The van der Waals surface area contributed by atoms with Crippen LogP contribution in [0.25, 0.3) is 0 Å². The van der Waals surface area contributed by atoms with Gasteiger partial charge in [0.25, 0.3) is 0 Å². The minimum atomic E-state index is -0.467. The van der Waals surface area contributed by atoms with Gasteiger partial charge in [0.1, 0.15) is 0 Å². The molecule has 1 fully saturated rings. The first-order chi connectivity index (χ1) is 9.76. The first-order valence-corrected chi connectivity index (χ1v) is 7.97. The van der Waals surface area contributed by atoms with Gasteiger partial charge in [-0.2, -0.15) is 0 Å². The number of thioether (sulfide) groups is 1. The number of nitrogens with zero attached hydrogens (tertiary/aromatic N) is 2. The van der Waals surface area contributed by atoms with Crippen molar-refractivity contribution in [1.29, 1.82) is 0 Å². The van der Waals surface area contributed by atoms with Crippen molar-refractivity contribution >= 4 is 23.7 Å². The van der Waals surface area contributed by atoms with Crippen LogP contribution in [0.3, 0.4) is 0 Å². The molecule has 0 saturated heterocycles. The second kappa shape index (κ2) is 6.09. The Hall–Kier alpha value is -1.50. The molecular weight excluding hydrogens is 288 g/mol. The van der Waals surface area contributed by atoms with Crippen LogP contribution in [0.5, 0.6) is 0 Å². The van der Waals surface area contributed by atoms with Crippen molar-refractivity contribution in [2.45, 2.75) is 62.5 Å². The lowest BCUT2D eigenvalue weighted by molar-refractivity contribution is -0.119. The van der Waals surface area contributed by atoms with Crippen molar-refractivity contribution in [2.24, 2.45) is 0 Å². The third kappa shape index (κ3) is 4.77. The Bertz CT molecular complexity index is 531. The van der Waals surface area contributed by atoms with Crippen LogP contribution in [-0.4, -0.2) is 32.3 Å². The quantitative estimate of drug-likeness (QED) is 0.837. The normalized spacial score (nSPS) is 16.4. The third-order valence-electron chi connectivity index (χ3n) is 2.95. The molecule has 21 heavy (non-hydrogen) atoms. The van der Waals surface area contributed by atoms with Gasteiger partial charge in [0.2, 0.25) is 5.91 Å². The maximum atomic E-state index is 12.0. The van der Waals surface area contributed by atoms with E-state index in [-0.39, 0.29) is 16.7 Å². The van der Waals surface area contributed by atoms with E-state index < -0.39 is 6.03 Å². The fourth-order valence-corrected chi connectivity index (χ4v) is 2.75. The lowest BCUT2D eigenvalue weighted by Crippen LogP contribution is -2.49. The minimum Gasteiger partial charge on any atom is -0.333 e. The second-order valence-electron chi connectivity index (χ2n) is 6.30. The Morgan fingerprint density at radius 2 is 2.10 bits per heavy atom. The smallest absolute Gasteiger partial charge is 0.321 e. The zero-order valence-electron chi connectivity index (χ0n) is 12.8. The Morgan fingerprint density at radius 1 is 1.43 bits per heavy atom. The third-order valence-corrected chi connectivity index (χ3v) is 4.04. The predicted molar refractivity (Wildman–Crippen MR) is 82.2 cm³/mol. The highest BCUT2D eigenvalue weighted by atomic mass is 32.2. The van der Waals surface area contributed by atoms with Crippen molar-refractivity contribution in [1.82, 2.24) is 20.2 Å². The Kier molecular flexibility index (Phi) is 4.61. The number of imide groups is 1. The van der Waals surface area contributed by atoms with E-state index >= 15 is 0 Å². The van der Waals surface area contributed by atoms with E-state index in [1.165, 1.54) is 24.6 Å². The average Bonchev–Trinajstić information content (AvgIpc) is 3.07. The maximum Gasteiger partial charge on any atom is 0.321 e. The number of imidazole rings is 1. The van der Waals surface area contributed by atoms with E-state index in [2.05, 4.69) is 20.2 Å². The summed E-state index contributed by atoms with van der Waals surface area (Å²) in [5.74, 6) is -0.313. The Balaban J connectivity index is 1.87. The summed E-state index contributed by atoms with van der Waals surface area (Å²) < 4.78 is 2.10. The Morgan fingerprint density at radius 3 is 2.67 bits per heavy atom. The molecule has 0 aromatic carbocycles. The van der Waals surface area contributed by atoms with Crippen molar-refractivity contribution in [3.05, 3.63) is 12.4 Å². The topological polar surface area (TPSA) is 76.0 Å². The van der Waals surface area contributed by atoms with Crippen LogP contribution >= 0.6 is 11.8 Å². The lowest BCUT2D eigenvalue weighted by Gasteiger charge is -2.21. The molecule has 3 amide bonds. The molecule has 1 heterocycles. The summed E-state index contributed by atoms with van der Waals surface area (Å²) in [6, 6.07) is 0.0555. The number of aromatic nitrogens is 2. The maximum absolute atomic E-state index is 12.0. The highest BCUT2D eigenvalue weighted by molar-refractivity contribution is 8.00. The van der Waals surface area contributed by atoms with E-state index in [9.17, 15) is 9.59 Å². The number of nitrogens with one attached hydrogen (secondary N) is 2. The van der Waals surface area contributed by atoms with Crippen LogP contribution in [-0.2, 0) is 4.79 Å². The molecule has 0 bridgehead atoms. The molecule has 1 aromatic heterocycles. The van der Waals surface area contributed by atoms with E-state index in [0.717, 1.165) is 5.16 Å². The molecule has 1 aliphatic rings. The van der Waals surface area contributed by atoms with Crippen LogP contribution in [0.4, 0.5) is 4.79 Å². The molecule has 1 atom stereocenters.